The molecule has 0 fully saturated rings. The molecular weight excluding hydrogens is 274 g/mol. The van der Waals surface area contributed by atoms with Crippen molar-refractivity contribution in [3.8, 4) is 0 Å². The lowest BCUT2D eigenvalue weighted by Crippen LogP contribution is -2.16. The van der Waals surface area contributed by atoms with Crippen LogP contribution in [0, 0.1) is 0 Å². The van der Waals surface area contributed by atoms with Gasteiger partial charge in [-0.05, 0) is 5.56 Å². The monoisotopic (exact) mass is 297 g/mol. The van der Waals surface area contributed by atoms with Crippen LogP contribution in [0.5, 0.6) is 0 Å². The first-order valence-electron chi connectivity index (χ1n) is 6.96. The molecule has 0 aliphatic rings. The molecule has 0 unspecified atom stereocenters. The van der Waals surface area contributed by atoms with Gasteiger partial charge < -0.3 is 24.7 Å². The van der Waals surface area contributed by atoms with Gasteiger partial charge in [-0.2, -0.15) is 0 Å². The first-order chi connectivity index (χ1) is 10.3. The summed E-state index contributed by atoms with van der Waals surface area (Å²) in [6, 6.07) is 9.50. The largest absolute Gasteiger partial charge is 0.459 e. The van der Waals surface area contributed by atoms with Crippen LogP contribution in [0.15, 0.2) is 30.3 Å². The van der Waals surface area contributed by atoms with Crippen molar-refractivity contribution in [3.05, 3.63) is 35.9 Å². The van der Waals surface area contributed by atoms with Crippen LogP contribution < -0.4 is 5.73 Å². The van der Waals surface area contributed by atoms with E-state index in [1.165, 1.54) is 0 Å². The van der Waals surface area contributed by atoms with Crippen molar-refractivity contribution in [2.24, 2.45) is 5.73 Å². The van der Waals surface area contributed by atoms with E-state index in [1.807, 2.05) is 30.3 Å². The Balaban J connectivity index is 1.89. The maximum atomic E-state index is 11.4. The molecule has 0 spiro atoms. The number of esters is 1. The van der Waals surface area contributed by atoms with Crippen LogP contribution in [-0.2, 0) is 30.3 Å². The predicted octanol–water partition coefficient (Wildman–Crippen LogP) is 0.738. The summed E-state index contributed by atoms with van der Waals surface area (Å²) >= 11 is 0. The van der Waals surface area contributed by atoms with Crippen molar-refractivity contribution in [1.29, 1.82) is 0 Å². The predicted molar refractivity (Wildman–Crippen MR) is 77.7 cm³/mol. The van der Waals surface area contributed by atoms with Gasteiger partial charge in [-0.25, -0.2) is 4.79 Å². The molecule has 0 aromatic heterocycles. The summed E-state index contributed by atoms with van der Waals surface area (Å²) in [6.07, 6.45) is 0. The van der Waals surface area contributed by atoms with Crippen molar-refractivity contribution in [2.45, 2.75) is 6.61 Å². The lowest BCUT2D eigenvalue weighted by Gasteiger charge is -2.07. The van der Waals surface area contributed by atoms with E-state index in [0.717, 1.165) is 5.56 Å². The molecule has 6 nitrogen and oxygen atoms in total. The Labute approximate surface area is 125 Å². The fourth-order valence-corrected chi connectivity index (χ4v) is 1.46. The molecule has 0 atom stereocenters. The van der Waals surface area contributed by atoms with E-state index in [4.69, 9.17) is 24.7 Å². The van der Waals surface area contributed by atoms with E-state index in [9.17, 15) is 4.79 Å². The van der Waals surface area contributed by atoms with Gasteiger partial charge in [0.05, 0.1) is 33.0 Å². The van der Waals surface area contributed by atoms with Crippen LogP contribution in [-0.4, -0.2) is 52.2 Å². The minimum absolute atomic E-state index is 0.0696. The number of hydrogen-bond acceptors (Lipinski definition) is 6. The molecule has 6 heteroatoms. The highest BCUT2D eigenvalue weighted by molar-refractivity contribution is 5.70. The van der Waals surface area contributed by atoms with Gasteiger partial charge in [0.2, 0.25) is 0 Å². The van der Waals surface area contributed by atoms with Crippen molar-refractivity contribution in [2.75, 3.05) is 46.2 Å². The van der Waals surface area contributed by atoms with Gasteiger partial charge in [0, 0.05) is 6.54 Å². The van der Waals surface area contributed by atoms with Gasteiger partial charge in [0.1, 0.15) is 13.2 Å². The van der Waals surface area contributed by atoms with Crippen LogP contribution in [0.4, 0.5) is 0 Å². The average molecular weight is 297 g/mol. The van der Waals surface area contributed by atoms with Crippen molar-refractivity contribution in [3.63, 3.8) is 0 Å². The van der Waals surface area contributed by atoms with Crippen LogP contribution in [0.1, 0.15) is 5.56 Å². The van der Waals surface area contributed by atoms with Gasteiger partial charge >= 0.3 is 5.97 Å². The van der Waals surface area contributed by atoms with Gasteiger partial charge in [0.15, 0.2) is 0 Å². The highest BCUT2D eigenvalue weighted by Gasteiger charge is 2.03. The number of nitrogens with two attached hydrogens (primary N) is 1. The van der Waals surface area contributed by atoms with Crippen molar-refractivity contribution >= 4 is 5.97 Å². The summed E-state index contributed by atoms with van der Waals surface area (Å²) in [4.78, 5) is 11.4. The second kappa shape index (κ2) is 12.3. The number of rotatable bonds is 12. The zero-order chi connectivity index (χ0) is 15.2. The first-order valence-corrected chi connectivity index (χ1v) is 6.96. The summed E-state index contributed by atoms with van der Waals surface area (Å²) < 4.78 is 20.6. The van der Waals surface area contributed by atoms with E-state index < -0.39 is 0 Å². The molecule has 0 radical (unpaired) electrons. The molecule has 1 rings (SSSR count). The lowest BCUT2D eigenvalue weighted by molar-refractivity contribution is -0.150. The molecule has 0 aliphatic carbocycles. The molecular formula is C15H23NO5. The number of carbonyl (C=O) groups excluding carboxylic acids is 1. The molecule has 0 bridgehead atoms. The third kappa shape index (κ3) is 9.97. The van der Waals surface area contributed by atoms with E-state index in [0.29, 0.717) is 39.6 Å². The Bertz CT molecular complexity index is 372. The quantitative estimate of drug-likeness (QED) is 0.453. The summed E-state index contributed by atoms with van der Waals surface area (Å²) in [5.74, 6) is -0.384. The fraction of sp³-hybridized carbons (Fsp3) is 0.533. The Kier molecular flexibility index (Phi) is 10.3. The Morgan fingerprint density at radius 2 is 1.52 bits per heavy atom. The van der Waals surface area contributed by atoms with Gasteiger partial charge in [-0.3, -0.25) is 0 Å². The normalized spacial score (nSPS) is 10.5. The molecule has 0 aliphatic heterocycles. The first kappa shape index (κ1) is 17.6. The molecule has 118 valence electrons. The Morgan fingerprint density at radius 1 is 0.905 bits per heavy atom. The van der Waals surface area contributed by atoms with Crippen LogP contribution >= 0.6 is 0 Å². The van der Waals surface area contributed by atoms with Crippen molar-refractivity contribution < 1.29 is 23.7 Å². The summed E-state index contributed by atoms with van der Waals surface area (Å²) in [6.45, 7) is 2.99. The maximum Gasteiger partial charge on any atom is 0.332 e. The van der Waals surface area contributed by atoms with Crippen LogP contribution in [0.2, 0.25) is 0 Å². The summed E-state index contributed by atoms with van der Waals surface area (Å²) in [5.41, 5.74) is 6.22. The van der Waals surface area contributed by atoms with E-state index in [2.05, 4.69) is 0 Å². The third-order valence-corrected chi connectivity index (χ3v) is 2.47. The van der Waals surface area contributed by atoms with Crippen LogP contribution in [0.3, 0.4) is 0 Å². The summed E-state index contributed by atoms with van der Waals surface area (Å²) in [5, 5.41) is 0. The third-order valence-electron chi connectivity index (χ3n) is 2.47. The molecule has 0 saturated carbocycles. The molecule has 0 amide bonds. The molecule has 2 N–H and O–H groups in total. The SMILES string of the molecule is NCCOCCOCCOCC(=O)OCc1ccccc1. The molecule has 21 heavy (non-hydrogen) atoms. The fourth-order valence-electron chi connectivity index (χ4n) is 1.46. The van der Waals surface area contributed by atoms with E-state index >= 15 is 0 Å². The van der Waals surface area contributed by atoms with E-state index in [1.54, 1.807) is 0 Å². The summed E-state index contributed by atoms with van der Waals surface area (Å²) in [7, 11) is 0. The van der Waals surface area contributed by atoms with Gasteiger partial charge in [0.25, 0.3) is 0 Å². The molecule has 1 aromatic rings. The number of carbonyl (C=O) groups is 1. The standard InChI is InChI=1S/C15H23NO5/c16-6-7-18-8-9-19-10-11-20-13-15(17)21-12-14-4-2-1-3-5-14/h1-5H,6-13,16H2. The zero-order valence-corrected chi connectivity index (χ0v) is 12.2. The number of hydrogen-bond donors (Lipinski definition) is 1. The minimum atomic E-state index is -0.384. The highest BCUT2D eigenvalue weighted by atomic mass is 16.6. The topological polar surface area (TPSA) is 80.0 Å². The Morgan fingerprint density at radius 3 is 2.19 bits per heavy atom. The molecule has 0 saturated heterocycles. The average Bonchev–Trinajstić information content (AvgIpc) is 2.52. The second-order valence-corrected chi connectivity index (χ2v) is 4.21. The van der Waals surface area contributed by atoms with Crippen molar-refractivity contribution in [1.82, 2.24) is 0 Å². The van der Waals surface area contributed by atoms with E-state index in [-0.39, 0.29) is 19.2 Å². The Hall–Kier alpha value is -1.47. The number of ether oxygens (including phenoxy) is 4. The zero-order valence-electron chi connectivity index (χ0n) is 12.2. The van der Waals surface area contributed by atoms with Crippen LogP contribution in [0.25, 0.3) is 0 Å². The molecule has 1 aromatic carbocycles. The van der Waals surface area contributed by atoms with Gasteiger partial charge in [-0.15, -0.1) is 0 Å². The number of benzene rings is 1. The smallest absolute Gasteiger partial charge is 0.332 e. The second-order valence-electron chi connectivity index (χ2n) is 4.21. The lowest BCUT2D eigenvalue weighted by atomic mass is 10.2. The highest BCUT2D eigenvalue weighted by Crippen LogP contribution is 2.00. The molecule has 0 heterocycles. The van der Waals surface area contributed by atoms with Gasteiger partial charge in [-0.1, -0.05) is 30.3 Å². The maximum absolute atomic E-state index is 11.4. The minimum Gasteiger partial charge on any atom is -0.459 e.